The first-order valence-corrected chi connectivity index (χ1v) is 4.48. The number of nitriles is 1. The average molecular weight is 221 g/mol. The maximum absolute atomic E-state index is 11.4. The Morgan fingerprint density at radius 2 is 2.19 bits per heavy atom. The van der Waals surface area contributed by atoms with Gasteiger partial charge in [-0.1, -0.05) is 0 Å². The number of methoxy groups -OCH3 is 2. The SMILES string of the molecule is COC(=O)c1cc(C#N)c(CO)cc1OC. The van der Waals surface area contributed by atoms with Gasteiger partial charge in [-0.2, -0.15) is 5.26 Å². The molecule has 84 valence electrons. The summed E-state index contributed by atoms with van der Waals surface area (Å²) in [7, 11) is 2.64. The molecule has 0 heterocycles. The first-order valence-electron chi connectivity index (χ1n) is 4.48. The molecule has 0 fully saturated rings. The second kappa shape index (κ2) is 5.14. The molecule has 16 heavy (non-hydrogen) atoms. The van der Waals surface area contributed by atoms with Gasteiger partial charge in [0.2, 0.25) is 0 Å². The number of benzene rings is 1. The highest BCUT2D eigenvalue weighted by Gasteiger charge is 2.16. The number of nitrogens with zero attached hydrogens (tertiary/aromatic N) is 1. The molecule has 0 atom stereocenters. The van der Waals surface area contributed by atoms with Gasteiger partial charge in [0.1, 0.15) is 11.3 Å². The minimum absolute atomic E-state index is 0.166. The Morgan fingerprint density at radius 3 is 2.62 bits per heavy atom. The molecule has 0 saturated heterocycles. The maximum atomic E-state index is 11.4. The maximum Gasteiger partial charge on any atom is 0.341 e. The third-order valence-corrected chi connectivity index (χ3v) is 2.12. The standard InChI is InChI=1S/C11H11NO4/c1-15-10-4-8(6-13)7(5-12)3-9(10)11(14)16-2/h3-4,13H,6H2,1-2H3. The normalized spacial score (nSPS) is 9.38. The van der Waals surface area contributed by atoms with Gasteiger partial charge in [0.25, 0.3) is 0 Å². The van der Waals surface area contributed by atoms with Crippen molar-refractivity contribution in [3.63, 3.8) is 0 Å². The third-order valence-electron chi connectivity index (χ3n) is 2.12. The van der Waals surface area contributed by atoms with Crippen LogP contribution in [0.25, 0.3) is 0 Å². The molecule has 5 heteroatoms. The largest absolute Gasteiger partial charge is 0.496 e. The molecule has 1 aromatic rings. The summed E-state index contributed by atoms with van der Waals surface area (Å²) in [5.74, 6) is -0.312. The van der Waals surface area contributed by atoms with Crippen LogP contribution in [0.5, 0.6) is 5.75 Å². The summed E-state index contributed by atoms with van der Waals surface area (Å²) >= 11 is 0. The number of rotatable bonds is 3. The van der Waals surface area contributed by atoms with Gasteiger partial charge in [0.05, 0.1) is 32.5 Å². The molecule has 0 unspecified atom stereocenters. The topological polar surface area (TPSA) is 79.6 Å². The molecule has 0 aliphatic carbocycles. The van der Waals surface area contributed by atoms with Crippen LogP contribution < -0.4 is 4.74 Å². The van der Waals surface area contributed by atoms with E-state index in [1.807, 2.05) is 6.07 Å². The van der Waals surface area contributed by atoms with Gasteiger partial charge in [-0.3, -0.25) is 0 Å². The lowest BCUT2D eigenvalue weighted by molar-refractivity contribution is 0.0597. The summed E-state index contributed by atoms with van der Waals surface area (Å²) in [4.78, 5) is 11.4. The van der Waals surface area contributed by atoms with E-state index >= 15 is 0 Å². The van der Waals surface area contributed by atoms with E-state index in [0.29, 0.717) is 5.56 Å². The van der Waals surface area contributed by atoms with Gasteiger partial charge in [-0.15, -0.1) is 0 Å². The molecule has 5 nitrogen and oxygen atoms in total. The molecule has 0 aromatic heterocycles. The number of ether oxygens (including phenoxy) is 2. The Kier molecular flexibility index (Phi) is 3.86. The van der Waals surface area contributed by atoms with Crippen LogP contribution in [0, 0.1) is 11.3 Å². The monoisotopic (exact) mass is 221 g/mol. The molecular weight excluding hydrogens is 210 g/mol. The second-order valence-corrected chi connectivity index (χ2v) is 2.97. The number of aliphatic hydroxyl groups excluding tert-OH is 1. The van der Waals surface area contributed by atoms with E-state index in [2.05, 4.69) is 4.74 Å². The van der Waals surface area contributed by atoms with Crippen LogP contribution in [0.3, 0.4) is 0 Å². The Balaban J connectivity index is 3.38. The van der Waals surface area contributed by atoms with Crippen LogP contribution in [-0.2, 0) is 11.3 Å². The van der Waals surface area contributed by atoms with Gasteiger partial charge in [0, 0.05) is 0 Å². The molecule has 0 bridgehead atoms. The quantitative estimate of drug-likeness (QED) is 0.765. The predicted molar refractivity (Wildman–Crippen MR) is 55.0 cm³/mol. The first kappa shape index (κ1) is 12.0. The number of carbonyl (C=O) groups excluding carboxylic acids is 1. The van der Waals surface area contributed by atoms with Crippen molar-refractivity contribution in [1.82, 2.24) is 0 Å². The van der Waals surface area contributed by atoms with Crippen LogP contribution in [-0.4, -0.2) is 25.3 Å². The Bertz CT molecular complexity index is 448. The second-order valence-electron chi connectivity index (χ2n) is 2.97. The molecule has 0 aliphatic rings. The van der Waals surface area contributed by atoms with E-state index < -0.39 is 5.97 Å². The molecule has 1 rings (SSSR count). The number of aliphatic hydroxyl groups is 1. The van der Waals surface area contributed by atoms with Crippen LogP contribution >= 0.6 is 0 Å². The molecular formula is C11H11NO4. The van der Waals surface area contributed by atoms with Crippen LogP contribution in [0.15, 0.2) is 12.1 Å². The zero-order chi connectivity index (χ0) is 12.1. The minimum Gasteiger partial charge on any atom is -0.496 e. The van der Waals surface area contributed by atoms with E-state index in [0.717, 1.165) is 0 Å². The fourth-order valence-corrected chi connectivity index (χ4v) is 1.30. The van der Waals surface area contributed by atoms with Crippen molar-refractivity contribution < 1.29 is 19.4 Å². The van der Waals surface area contributed by atoms with Crippen molar-refractivity contribution in [1.29, 1.82) is 5.26 Å². The lowest BCUT2D eigenvalue weighted by atomic mass is 10.0. The van der Waals surface area contributed by atoms with Crippen molar-refractivity contribution in [2.24, 2.45) is 0 Å². The summed E-state index contributed by atoms with van der Waals surface area (Å²) in [5, 5.41) is 17.9. The molecule has 1 aromatic carbocycles. The minimum atomic E-state index is -0.585. The molecule has 0 spiro atoms. The lowest BCUT2D eigenvalue weighted by Crippen LogP contribution is -2.06. The molecule has 1 N–H and O–H groups in total. The summed E-state index contributed by atoms with van der Waals surface area (Å²) < 4.78 is 9.55. The van der Waals surface area contributed by atoms with E-state index in [1.165, 1.54) is 26.4 Å². The van der Waals surface area contributed by atoms with Crippen LogP contribution in [0.1, 0.15) is 21.5 Å². The summed E-state index contributed by atoms with van der Waals surface area (Å²) in [5.41, 5.74) is 0.800. The fraction of sp³-hybridized carbons (Fsp3) is 0.273. The highest BCUT2D eigenvalue weighted by Crippen LogP contribution is 2.24. The van der Waals surface area contributed by atoms with Crippen molar-refractivity contribution >= 4 is 5.97 Å². The fourth-order valence-electron chi connectivity index (χ4n) is 1.30. The van der Waals surface area contributed by atoms with Crippen molar-refractivity contribution in [3.05, 3.63) is 28.8 Å². The van der Waals surface area contributed by atoms with E-state index in [9.17, 15) is 4.79 Å². The average Bonchev–Trinajstić information content (AvgIpc) is 2.35. The number of carbonyl (C=O) groups is 1. The number of hydrogen-bond acceptors (Lipinski definition) is 5. The van der Waals surface area contributed by atoms with Crippen LogP contribution in [0.4, 0.5) is 0 Å². The van der Waals surface area contributed by atoms with E-state index in [1.54, 1.807) is 0 Å². The van der Waals surface area contributed by atoms with Crippen LogP contribution in [0.2, 0.25) is 0 Å². The molecule has 0 saturated carbocycles. The summed E-state index contributed by atoms with van der Waals surface area (Å²) in [6.45, 7) is -0.291. The smallest absolute Gasteiger partial charge is 0.341 e. The summed E-state index contributed by atoms with van der Waals surface area (Å²) in [6.07, 6.45) is 0. The number of esters is 1. The zero-order valence-corrected chi connectivity index (χ0v) is 8.98. The van der Waals surface area contributed by atoms with E-state index in [-0.39, 0.29) is 23.5 Å². The lowest BCUT2D eigenvalue weighted by Gasteiger charge is -2.09. The Hall–Kier alpha value is -2.06. The van der Waals surface area contributed by atoms with Crippen molar-refractivity contribution in [2.75, 3.05) is 14.2 Å². The van der Waals surface area contributed by atoms with Gasteiger partial charge < -0.3 is 14.6 Å². The van der Waals surface area contributed by atoms with Gasteiger partial charge in [-0.25, -0.2) is 4.79 Å². The molecule has 0 radical (unpaired) electrons. The highest BCUT2D eigenvalue weighted by atomic mass is 16.5. The Labute approximate surface area is 92.8 Å². The summed E-state index contributed by atoms with van der Waals surface area (Å²) in [6, 6.07) is 4.69. The Morgan fingerprint density at radius 1 is 1.50 bits per heavy atom. The zero-order valence-electron chi connectivity index (χ0n) is 8.98. The first-order chi connectivity index (χ1) is 7.67. The highest BCUT2D eigenvalue weighted by molar-refractivity contribution is 5.93. The molecule has 0 aliphatic heterocycles. The van der Waals surface area contributed by atoms with Gasteiger partial charge in [-0.05, 0) is 17.7 Å². The molecule has 0 amide bonds. The third kappa shape index (κ3) is 2.12. The van der Waals surface area contributed by atoms with Crippen molar-refractivity contribution in [2.45, 2.75) is 6.61 Å². The van der Waals surface area contributed by atoms with Crippen molar-refractivity contribution in [3.8, 4) is 11.8 Å². The number of hydrogen-bond donors (Lipinski definition) is 1. The van der Waals surface area contributed by atoms with Gasteiger partial charge in [0.15, 0.2) is 0 Å². The predicted octanol–water partition coefficient (Wildman–Crippen LogP) is 0.846. The van der Waals surface area contributed by atoms with Gasteiger partial charge >= 0.3 is 5.97 Å². The van der Waals surface area contributed by atoms with E-state index in [4.69, 9.17) is 15.1 Å².